The number of aliphatic hydroxyl groups is 3. The molecular formula is C7H14O4. The number of hydrogen-bond donors (Lipinski definition) is 3. The third-order valence-electron chi connectivity index (χ3n) is 1.16. The van der Waals surface area contributed by atoms with Crippen molar-refractivity contribution in [3.05, 3.63) is 12.7 Å². The minimum Gasteiger partial charge on any atom is -0.394 e. The number of rotatable bonds is 6. The minimum atomic E-state index is -1.13. The summed E-state index contributed by atoms with van der Waals surface area (Å²) in [6, 6.07) is 0. The lowest BCUT2D eigenvalue weighted by atomic mass is 10.2. The van der Waals surface area contributed by atoms with Crippen molar-refractivity contribution in [2.24, 2.45) is 0 Å². The van der Waals surface area contributed by atoms with E-state index in [2.05, 4.69) is 6.58 Å². The molecule has 11 heavy (non-hydrogen) atoms. The Morgan fingerprint density at radius 2 is 2.00 bits per heavy atom. The van der Waals surface area contributed by atoms with Crippen LogP contribution in [-0.2, 0) is 4.74 Å². The van der Waals surface area contributed by atoms with Crippen molar-refractivity contribution in [1.29, 1.82) is 0 Å². The lowest BCUT2D eigenvalue weighted by molar-refractivity contribution is -0.0526. The van der Waals surface area contributed by atoms with Gasteiger partial charge in [0.1, 0.15) is 12.2 Å². The van der Waals surface area contributed by atoms with Crippen molar-refractivity contribution in [2.75, 3.05) is 19.8 Å². The van der Waals surface area contributed by atoms with E-state index in [9.17, 15) is 0 Å². The van der Waals surface area contributed by atoms with E-state index in [0.717, 1.165) is 0 Å². The standard InChI is InChI=1S/C7H14O4/c1-2-3-11-5-7(10)6(9)4-8/h2,6-10H,1,3-5H2. The fraction of sp³-hybridized carbons (Fsp3) is 0.714. The number of aliphatic hydroxyl groups excluding tert-OH is 3. The Morgan fingerprint density at radius 3 is 2.45 bits per heavy atom. The summed E-state index contributed by atoms with van der Waals surface area (Å²) in [5.74, 6) is 0. The van der Waals surface area contributed by atoms with Crippen LogP contribution in [0.3, 0.4) is 0 Å². The van der Waals surface area contributed by atoms with Crippen LogP contribution < -0.4 is 0 Å². The van der Waals surface area contributed by atoms with Crippen molar-refractivity contribution in [3.63, 3.8) is 0 Å². The summed E-state index contributed by atoms with van der Waals surface area (Å²) in [7, 11) is 0. The summed E-state index contributed by atoms with van der Waals surface area (Å²) in [6.45, 7) is 3.28. The summed E-state index contributed by atoms with van der Waals surface area (Å²) < 4.78 is 4.83. The molecule has 0 fully saturated rings. The van der Waals surface area contributed by atoms with Gasteiger partial charge in [-0.15, -0.1) is 6.58 Å². The molecule has 2 atom stereocenters. The van der Waals surface area contributed by atoms with E-state index >= 15 is 0 Å². The van der Waals surface area contributed by atoms with E-state index in [1.807, 2.05) is 0 Å². The zero-order valence-corrected chi connectivity index (χ0v) is 6.31. The van der Waals surface area contributed by atoms with E-state index < -0.39 is 18.8 Å². The monoisotopic (exact) mass is 162 g/mol. The summed E-state index contributed by atoms with van der Waals surface area (Å²) in [5, 5.41) is 26.2. The topological polar surface area (TPSA) is 69.9 Å². The summed E-state index contributed by atoms with van der Waals surface area (Å²) in [4.78, 5) is 0. The van der Waals surface area contributed by atoms with Crippen LogP contribution in [0.5, 0.6) is 0 Å². The van der Waals surface area contributed by atoms with Crippen LogP contribution in [0.25, 0.3) is 0 Å². The molecule has 66 valence electrons. The highest BCUT2D eigenvalue weighted by atomic mass is 16.5. The molecule has 3 N–H and O–H groups in total. The Hall–Kier alpha value is -0.420. The van der Waals surface area contributed by atoms with E-state index in [1.54, 1.807) is 0 Å². The summed E-state index contributed by atoms with van der Waals surface area (Å²) in [6.07, 6.45) is -0.613. The quantitative estimate of drug-likeness (QED) is 0.342. The molecule has 0 rings (SSSR count). The Bertz CT molecular complexity index is 105. The van der Waals surface area contributed by atoms with Gasteiger partial charge in [-0.1, -0.05) is 6.08 Å². The van der Waals surface area contributed by atoms with E-state index in [0.29, 0.717) is 6.61 Å². The zero-order valence-electron chi connectivity index (χ0n) is 6.31. The normalized spacial score (nSPS) is 15.9. The molecule has 0 aromatic rings. The van der Waals surface area contributed by atoms with Crippen molar-refractivity contribution >= 4 is 0 Å². The number of hydrogen-bond acceptors (Lipinski definition) is 4. The lowest BCUT2D eigenvalue weighted by Gasteiger charge is -2.14. The molecule has 4 nitrogen and oxygen atoms in total. The molecule has 2 unspecified atom stereocenters. The number of ether oxygens (including phenoxy) is 1. The fourth-order valence-electron chi connectivity index (χ4n) is 0.505. The maximum atomic E-state index is 8.98. The van der Waals surface area contributed by atoms with Gasteiger partial charge in [0.05, 0.1) is 19.8 Å². The van der Waals surface area contributed by atoms with E-state index in [1.165, 1.54) is 6.08 Å². The van der Waals surface area contributed by atoms with Gasteiger partial charge in [0, 0.05) is 0 Å². The summed E-state index contributed by atoms with van der Waals surface area (Å²) in [5.41, 5.74) is 0. The van der Waals surface area contributed by atoms with Gasteiger partial charge in [-0.3, -0.25) is 0 Å². The fourth-order valence-corrected chi connectivity index (χ4v) is 0.505. The Kier molecular flexibility index (Phi) is 6.06. The van der Waals surface area contributed by atoms with Crippen LogP contribution in [0.15, 0.2) is 12.7 Å². The molecule has 0 heterocycles. The molecule has 0 aliphatic carbocycles. The first-order valence-electron chi connectivity index (χ1n) is 3.38. The highest BCUT2D eigenvalue weighted by molar-refractivity contribution is 4.68. The van der Waals surface area contributed by atoms with E-state index in [-0.39, 0.29) is 6.61 Å². The Morgan fingerprint density at radius 1 is 1.36 bits per heavy atom. The maximum absolute atomic E-state index is 8.98. The molecule has 0 amide bonds. The van der Waals surface area contributed by atoms with Crippen LogP contribution in [-0.4, -0.2) is 47.3 Å². The van der Waals surface area contributed by atoms with Gasteiger partial charge < -0.3 is 20.1 Å². The van der Waals surface area contributed by atoms with Gasteiger partial charge in [0.25, 0.3) is 0 Å². The largest absolute Gasteiger partial charge is 0.394 e. The molecule has 0 aromatic heterocycles. The van der Waals surface area contributed by atoms with Crippen molar-refractivity contribution < 1.29 is 20.1 Å². The average molecular weight is 162 g/mol. The predicted octanol–water partition coefficient (Wildman–Crippen LogP) is -1.10. The highest BCUT2D eigenvalue weighted by Gasteiger charge is 2.14. The van der Waals surface area contributed by atoms with Gasteiger partial charge in [-0.25, -0.2) is 0 Å². The smallest absolute Gasteiger partial charge is 0.105 e. The molecule has 0 bridgehead atoms. The Labute approximate surface area is 65.7 Å². The van der Waals surface area contributed by atoms with Gasteiger partial charge in [0.15, 0.2) is 0 Å². The van der Waals surface area contributed by atoms with Gasteiger partial charge in [0.2, 0.25) is 0 Å². The lowest BCUT2D eigenvalue weighted by Crippen LogP contribution is -2.33. The second-order valence-electron chi connectivity index (χ2n) is 2.14. The first-order chi connectivity index (χ1) is 5.22. The molecule has 0 spiro atoms. The average Bonchev–Trinajstić information content (AvgIpc) is 2.03. The molecule has 0 aromatic carbocycles. The second-order valence-corrected chi connectivity index (χ2v) is 2.14. The third-order valence-corrected chi connectivity index (χ3v) is 1.16. The molecule has 0 saturated heterocycles. The van der Waals surface area contributed by atoms with Crippen molar-refractivity contribution in [1.82, 2.24) is 0 Å². The molecule has 0 aliphatic heterocycles. The van der Waals surface area contributed by atoms with Crippen molar-refractivity contribution in [2.45, 2.75) is 12.2 Å². The third kappa shape index (κ3) is 4.92. The van der Waals surface area contributed by atoms with Crippen LogP contribution in [0.4, 0.5) is 0 Å². The molecule has 4 heteroatoms. The first-order valence-corrected chi connectivity index (χ1v) is 3.38. The summed E-state index contributed by atoms with van der Waals surface area (Å²) >= 11 is 0. The van der Waals surface area contributed by atoms with Crippen molar-refractivity contribution in [3.8, 4) is 0 Å². The maximum Gasteiger partial charge on any atom is 0.105 e. The minimum absolute atomic E-state index is 0.00769. The van der Waals surface area contributed by atoms with Crippen LogP contribution in [0.1, 0.15) is 0 Å². The van der Waals surface area contributed by atoms with Crippen LogP contribution in [0, 0.1) is 0 Å². The van der Waals surface area contributed by atoms with Gasteiger partial charge in [-0.05, 0) is 0 Å². The van der Waals surface area contributed by atoms with Gasteiger partial charge in [-0.2, -0.15) is 0 Å². The highest BCUT2D eigenvalue weighted by Crippen LogP contribution is 1.92. The van der Waals surface area contributed by atoms with Crippen LogP contribution >= 0.6 is 0 Å². The molecule has 0 aliphatic rings. The molecule has 0 saturated carbocycles. The molecular weight excluding hydrogens is 148 g/mol. The predicted molar refractivity (Wildman–Crippen MR) is 40.1 cm³/mol. The van der Waals surface area contributed by atoms with Gasteiger partial charge >= 0.3 is 0 Å². The first kappa shape index (κ1) is 10.6. The Balaban J connectivity index is 3.34. The molecule has 0 radical (unpaired) electrons. The SMILES string of the molecule is C=CCOCC(O)C(O)CO. The second kappa shape index (κ2) is 6.30. The van der Waals surface area contributed by atoms with E-state index in [4.69, 9.17) is 20.1 Å². The van der Waals surface area contributed by atoms with Crippen LogP contribution in [0.2, 0.25) is 0 Å². The zero-order chi connectivity index (χ0) is 8.69.